The summed E-state index contributed by atoms with van der Waals surface area (Å²) in [5.74, 6) is -0.648. The van der Waals surface area contributed by atoms with Crippen molar-refractivity contribution in [3.8, 4) is 11.6 Å². The van der Waals surface area contributed by atoms with Gasteiger partial charge < -0.3 is 9.84 Å². The zero-order valence-corrected chi connectivity index (χ0v) is 11.0. The minimum Gasteiger partial charge on any atom is -0.476 e. The van der Waals surface area contributed by atoms with E-state index in [1.807, 2.05) is 6.92 Å². The third-order valence-electron chi connectivity index (χ3n) is 2.18. The Hall–Kier alpha value is -1.95. The molecule has 92 valence electrons. The molecular formula is C12H9BrN2O3. The maximum Gasteiger partial charge on any atom is 0.358 e. The van der Waals surface area contributed by atoms with Gasteiger partial charge in [-0.05, 0) is 41.1 Å². The first kappa shape index (κ1) is 12.5. The van der Waals surface area contributed by atoms with Crippen LogP contribution in [0.1, 0.15) is 16.2 Å². The highest BCUT2D eigenvalue weighted by molar-refractivity contribution is 9.10. The molecule has 0 aliphatic heterocycles. The zero-order valence-electron chi connectivity index (χ0n) is 9.42. The van der Waals surface area contributed by atoms with Crippen LogP contribution in [0.5, 0.6) is 11.6 Å². The van der Waals surface area contributed by atoms with Gasteiger partial charge in [-0.15, -0.1) is 0 Å². The van der Waals surface area contributed by atoms with E-state index in [1.165, 1.54) is 12.3 Å². The number of carboxylic acid groups (broad SMARTS) is 1. The van der Waals surface area contributed by atoms with Gasteiger partial charge in [-0.25, -0.2) is 14.8 Å². The molecule has 0 amide bonds. The van der Waals surface area contributed by atoms with Crippen molar-refractivity contribution in [2.75, 3.05) is 0 Å². The number of hydrogen-bond acceptors (Lipinski definition) is 4. The number of rotatable bonds is 3. The topological polar surface area (TPSA) is 72.3 Å². The lowest BCUT2D eigenvalue weighted by molar-refractivity contribution is 0.0687. The number of hydrogen-bond donors (Lipinski definition) is 1. The Morgan fingerprint density at radius 3 is 2.83 bits per heavy atom. The summed E-state index contributed by atoms with van der Waals surface area (Å²) in [5.41, 5.74) is 0.619. The molecule has 0 aromatic carbocycles. The van der Waals surface area contributed by atoms with Crippen LogP contribution in [0, 0.1) is 6.92 Å². The number of carbonyl (C=O) groups is 1. The van der Waals surface area contributed by atoms with E-state index in [9.17, 15) is 4.79 Å². The molecule has 0 saturated heterocycles. The molecule has 0 unspecified atom stereocenters. The van der Waals surface area contributed by atoms with Gasteiger partial charge in [0.15, 0.2) is 11.4 Å². The molecule has 0 atom stereocenters. The molecule has 0 fully saturated rings. The minimum absolute atomic E-state index is 0.139. The molecule has 0 bridgehead atoms. The molecule has 2 rings (SSSR count). The van der Waals surface area contributed by atoms with Crippen LogP contribution in [-0.4, -0.2) is 21.0 Å². The molecule has 5 nitrogen and oxygen atoms in total. The average molecular weight is 309 g/mol. The van der Waals surface area contributed by atoms with Crippen molar-refractivity contribution in [3.05, 3.63) is 46.3 Å². The number of carboxylic acids is 1. The Bertz CT molecular complexity index is 602. The van der Waals surface area contributed by atoms with E-state index in [0.717, 1.165) is 10.2 Å². The van der Waals surface area contributed by atoms with Crippen LogP contribution < -0.4 is 4.74 Å². The average Bonchev–Trinajstić information content (AvgIpc) is 2.34. The van der Waals surface area contributed by atoms with E-state index in [4.69, 9.17) is 9.84 Å². The summed E-state index contributed by atoms with van der Waals surface area (Å²) in [6, 6.07) is 6.58. The number of ether oxygens (including phenoxy) is 1. The fourth-order valence-corrected chi connectivity index (χ4v) is 1.54. The summed E-state index contributed by atoms with van der Waals surface area (Å²) in [5, 5.41) is 8.97. The SMILES string of the molecule is Cc1nc(Oc2cccnc2C(=O)O)ccc1Br. The number of aromatic carboxylic acids is 1. The zero-order chi connectivity index (χ0) is 13.1. The van der Waals surface area contributed by atoms with Gasteiger partial charge in [0.05, 0.1) is 5.69 Å². The fourth-order valence-electron chi connectivity index (χ4n) is 1.32. The molecule has 0 aliphatic rings. The maximum absolute atomic E-state index is 11.0. The van der Waals surface area contributed by atoms with Gasteiger partial charge in [0, 0.05) is 16.7 Å². The Morgan fingerprint density at radius 1 is 1.39 bits per heavy atom. The van der Waals surface area contributed by atoms with E-state index in [-0.39, 0.29) is 11.4 Å². The first-order valence-corrected chi connectivity index (χ1v) is 5.86. The first-order valence-electron chi connectivity index (χ1n) is 5.07. The number of pyridine rings is 2. The smallest absolute Gasteiger partial charge is 0.358 e. The van der Waals surface area contributed by atoms with E-state index < -0.39 is 5.97 Å². The van der Waals surface area contributed by atoms with Crippen LogP contribution in [0.3, 0.4) is 0 Å². The number of aryl methyl sites for hydroxylation is 1. The molecule has 6 heteroatoms. The largest absolute Gasteiger partial charge is 0.476 e. The molecular weight excluding hydrogens is 300 g/mol. The van der Waals surface area contributed by atoms with Crippen molar-refractivity contribution in [1.82, 2.24) is 9.97 Å². The van der Waals surface area contributed by atoms with Crippen LogP contribution in [0.4, 0.5) is 0 Å². The quantitative estimate of drug-likeness (QED) is 0.943. The molecule has 0 spiro atoms. The Balaban J connectivity index is 2.34. The third-order valence-corrected chi connectivity index (χ3v) is 3.02. The van der Waals surface area contributed by atoms with Crippen LogP contribution in [0.25, 0.3) is 0 Å². The lowest BCUT2D eigenvalue weighted by atomic mass is 10.3. The lowest BCUT2D eigenvalue weighted by Crippen LogP contribution is -2.03. The van der Waals surface area contributed by atoms with E-state index in [2.05, 4.69) is 25.9 Å². The molecule has 2 aromatic rings. The second-order valence-corrected chi connectivity index (χ2v) is 4.33. The van der Waals surface area contributed by atoms with Gasteiger partial charge in [-0.1, -0.05) is 0 Å². The number of halogens is 1. The standard InChI is InChI=1S/C12H9BrN2O3/c1-7-8(13)4-5-10(15-7)18-9-3-2-6-14-11(9)12(16)17/h2-6H,1H3,(H,16,17). The summed E-state index contributed by atoms with van der Waals surface area (Å²) >= 11 is 3.33. The molecule has 0 saturated carbocycles. The molecule has 1 N–H and O–H groups in total. The van der Waals surface area contributed by atoms with Gasteiger partial charge >= 0.3 is 5.97 Å². The molecule has 2 aromatic heterocycles. The Labute approximate surface area is 112 Å². The van der Waals surface area contributed by atoms with E-state index in [0.29, 0.717) is 5.88 Å². The predicted molar refractivity (Wildman–Crippen MR) is 67.9 cm³/mol. The van der Waals surface area contributed by atoms with Crippen molar-refractivity contribution in [2.24, 2.45) is 0 Å². The van der Waals surface area contributed by atoms with Crippen LogP contribution >= 0.6 is 15.9 Å². The van der Waals surface area contributed by atoms with E-state index in [1.54, 1.807) is 18.2 Å². The highest BCUT2D eigenvalue weighted by atomic mass is 79.9. The van der Waals surface area contributed by atoms with Crippen molar-refractivity contribution in [1.29, 1.82) is 0 Å². The molecule has 18 heavy (non-hydrogen) atoms. The van der Waals surface area contributed by atoms with Gasteiger partial charge in [0.25, 0.3) is 0 Å². The first-order chi connectivity index (χ1) is 8.58. The van der Waals surface area contributed by atoms with Gasteiger partial charge in [-0.3, -0.25) is 0 Å². The number of nitrogens with zero attached hydrogens (tertiary/aromatic N) is 2. The predicted octanol–water partition coefficient (Wildman–Crippen LogP) is 3.04. The van der Waals surface area contributed by atoms with Crippen LogP contribution in [0.2, 0.25) is 0 Å². The van der Waals surface area contributed by atoms with Gasteiger partial charge in [0.2, 0.25) is 5.88 Å². The highest BCUT2D eigenvalue weighted by Crippen LogP contribution is 2.24. The summed E-state index contributed by atoms with van der Waals surface area (Å²) in [4.78, 5) is 18.9. The molecule has 0 aliphatic carbocycles. The van der Waals surface area contributed by atoms with Gasteiger partial charge in [-0.2, -0.15) is 0 Å². The third kappa shape index (κ3) is 2.65. The van der Waals surface area contributed by atoms with E-state index >= 15 is 0 Å². The fraction of sp³-hybridized carbons (Fsp3) is 0.0833. The molecule has 0 radical (unpaired) electrons. The van der Waals surface area contributed by atoms with Crippen LogP contribution in [-0.2, 0) is 0 Å². The van der Waals surface area contributed by atoms with Crippen molar-refractivity contribution in [2.45, 2.75) is 6.92 Å². The summed E-state index contributed by atoms with van der Waals surface area (Å²) in [7, 11) is 0. The maximum atomic E-state index is 11.0. The Morgan fingerprint density at radius 2 is 2.17 bits per heavy atom. The van der Waals surface area contributed by atoms with Crippen LogP contribution in [0.15, 0.2) is 34.9 Å². The number of aromatic nitrogens is 2. The van der Waals surface area contributed by atoms with Crippen molar-refractivity contribution < 1.29 is 14.6 Å². The monoisotopic (exact) mass is 308 g/mol. The van der Waals surface area contributed by atoms with Crippen molar-refractivity contribution in [3.63, 3.8) is 0 Å². The second-order valence-electron chi connectivity index (χ2n) is 3.47. The normalized spacial score (nSPS) is 10.1. The highest BCUT2D eigenvalue weighted by Gasteiger charge is 2.13. The summed E-state index contributed by atoms with van der Waals surface area (Å²) in [6.07, 6.45) is 1.40. The summed E-state index contributed by atoms with van der Waals surface area (Å²) in [6.45, 7) is 1.82. The summed E-state index contributed by atoms with van der Waals surface area (Å²) < 4.78 is 6.29. The lowest BCUT2D eigenvalue weighted by Gasteiger charge is -2.07. The molecule has 2 heterocycles. The minimum atomic E-state index is -1.14. The Kier molecular flexibility index (Phi) is 3.57. The second kappa shape index (κ2) is 5.14. The van der Waals surface area contributed by atoms with Gasteiger partial charge in [0.1, 0.15) is 0 Å². The van der Waals surface area contributed by atoms with Crippen molar-refractivity contribution >= 4 is 21.9 Å².